The van der Waals surface area contributed by atoms with E-state index in [1.165, 1.54) is 32.1 Å². The molecule has 0 bridgehead atoms. The molecule has 2 rings (SSSR count). The molecule has 1 N–H and O–H groups in total. The number of carbonyl (C=O) groups excluding carboxylic acids is 1. The number of benzene rings is 2. The van der Waals surface area contributed by atoms with Crippen molar-refractivity contribution in [2.45, 2.75) is 51.9 Å². The third kappa shape index (κ3) is 9.04. The van der Waals surface area contributed by atoms with Crippen LogP contribution in [-0.4, -0.2) is 18.7 Å². The van der Waals surface area contributed by atoms with Gasteiger partial charge in [0.05, 0.1) is 19.2 Å². The Morgan fingerprint density at radius 1 is 0.963 bits per heavy atom. The molecule has 0 aliphatic heterocycles. The predicted octanol–water partition coefficient (Wildman–Crippen LogP) is 5.12. The third-order valence-corrected chi connectivity index (χ3v) is 4.26. The fourth-order valence-corrected chi connectivity index (χ4v) is 2.72. The number of amides is 1. The van der Waals surface area contributed by atoms with Gasteiger partial charge < -0.3 is 4.74 Å². The summed E-state index contributed by atoms with van der Waals surface area (Å²) in [4.78, 5) is 11.8. The van der Waals surface area contributed by atoms with E-state index >= 15 is 0 Å². The van der Waals surface area contributed by atoms with Gasteiger partial charge in [-0.25, -0.2) is 5.43 Å². The zero-order valence-corrected chi connectivity index (χ0v) is 16.2. The molecule has 0 atom stereocenters. The first-order valence-electron chi connectivity index (χ1n) is 9.86. The van der Waals surface area contributed by atoms with Crippen LogP contribution in [0.15, 0.2) is 59.7 Å². The molecule has 144 valence electrons. The van der Waals surface area contributed by atoms with Gasteiger partial charge in [-0.15, -0.1) is 0 Å². The SMILES string of the molecule is CCCCCCCCOc1ccc(C=NNC(=O)Cc2ccccc2)cc1. The van der Waals surface area contributed by atoms with Crippen molar-refractivity contribution in [1.29, 1.82) is 0 Å². The van der Waals surface area contributed by atoms with Crippen LogP contribution in [-0.2, 0) is 11.2 Å². The number of hydrogen-bond donors (Lipinski definition) is 1. The Labute approximate surface area is 162 Å². The zero-order valence-electron chi connectivity index (χ0n) is 16.2. The number of unbranched alkanes of at least 4 members (excludes halogenated alkanes) is 5. The van der Waals surface area contributed by atoms with Gasteiger partial charge in [0.1, 0.15) is 5.75 Å². The molecule has 1 amide bonds. The number of carbonyl (C=O) groups is 1. The highest BCUT2D eigenvalue weighted by Crippen LogP contribution is 2.12. The van der Waals surface area contributed by atoms with Crippen LogP contribution in [0.2, 0.25) is 0 Å². The summed E-state index contributed by atoms with van der Waals surface area (Å²) in [7, 11) is 0. The summed E-state index contributed by atoms with van der Waals surface area (Å²) in [5.41, 5.74) is 4.44. The van der Waals surface area contributed by atoms with E-state index in [0.717, 1.165) is 29.9 Å². The molecule has 0 aliphatic rings. The summed E-state index contributed by atoms with van der Waals surface area (Å²) in [6.07, 6.45) is 9.52. The Morgan fingerprint density at radius 3 is 2.41 bits per heavy atom. The van der Waals surface area contributed by atoms with Crippen LogP contribution < -0.4 is 10.2 Å². The maximum atomic E-state index is 11.8. The van der Waals surface area contributed by atoms with Crippen molar-refractivity contribution >= 4 is 12.1 Å². The molecule has 4 heteroatoms. The van der Waals surface area contributed by atoms with E-state index in [9.17, 15) is 4.79 Å². The highest BCUT2D eigenvalue weighted by Gasteiger charge is 2.01. The number of hydrogen-bond acceptors (Lipinski definition) is 3. The summed E-state index contributed by atoms with van der Waals surface area (Å²) in [6, 6.07) is 17.4. The van der Waals surface area contributed by atoms with Crippen LogP contribution in [0.5, 0.6) is 5.75 Å². The van der Waals surface area contributed by atoms with Crippen LogP contribution in [0, 0.1) is 0 Å². The maximum Gasteiger partial charge on any atom is 0.244 e. The molecule has 27 heavy (non-hydrogen) atoms. The number of nitrogens with zero attached hydrogens (tertiary/aromatic N) is 1. The third-order valence-electron chi connectivity index (χ3n) is 4.26. The van der Waals surface area contributed by atoms with Crippen LogP contribution >= 0.6 is 0 Å². The molecule has 0 saturated carbocycles. The number of rotatable bonds is 12. The summed E-state index contributed by atoms with van der Waals surface area (Å²) >= 11 is 0. The van der Waals surface area contributed by atoms with Crippen molar-refractivity contribution < 1.29 is 9.53 Å². The minimum absolute atomic E-state index is 0.128. The minimum Gasteiger partial charge on any atom is -0.494 e. The lowest BCUT2D eigenvalue weighted by molar-refractivity contribution is -0.120. The Hall–Kier alpha value is -2.62. The van der Waals surface area contributed by atoms with Crippen molar-refractivity contribution in [1.82, 2.24) is 5.43 Å². The molecule has 2 aromatic rings. The van der Waals surface area contributed by atoms with Gasteiger partial charge in [-0.05, 0) is 41.8 Å². The van der Waals surface area contributed by atoms with E-state index in [0.29, 0.717) is 6.42 Å². The highest BCUT2D eigenvalue weighted by molar-refractivity contribution is 5.83. The lowest BCUT2D eigenvalue weighted by Gasteiger charge is -2.06. The van der Waals surface area contributed by atoms with E-state index in [1.807, 2.05) is 54.6 Å². The van der Waals surface area contributed by atoms with E-state index in [4.69, 9.17) is 4.74 Å². The van der Waals surface area contributed by atoms with E-state index in [2.05, 4.69) is 17.5 Å². The van der Waals surface area contributed by atoms with Gasteiger partial charge in [0.2, 0.25) is 5.91 Å². The van der Waals surface area contributed by atoms with Gasteiger partial charge in [-0.3, -0.25) is 4.79 Å². The molecule has 0 radical (unpaired) electrons. The lowest BCUT2D eigenvalue weighted by atomic mass is 10.1. The van der Waals surface area contributed by atoms with E-state index in [1.54, 1.807) is 6.21 Å². The molecular weight excluding hydrogens is 336 g/mol. The summed E-state index contributed by atoms with van der Waals surface area (Å²) in [6.45, 7) is 2.99. The molecule has 0 spiro atoms. The largest absolute Gasteiger partial charge is 0.494 e. The second-order valence-electron chi connectivity index (χ2n) is 6.64. The molecule has 0 saturated heterocycles. The fraction of sp³-hybridized carbons (Fsp3) is 0.391. The minimum atomic E-state index is -0.128. The van der Waals surface area contributed by atoms with Crippen LogP contribution in [0.4, 0.5) is 0 Å². The number of hydrazone groups is 1. The normalized spacial score (nSPS) is 10.9. The summed E-state index contributed by atoms with van der Waals surface area (Å²) in [5.74, 6) is 0.741. The lowest BCUT2D eigenvalue weighted by Crippen LogP contribution is -2.19. The zero-order chi connectivity index (χ0) is 19.2. The Morgan fingerprint density at radius 2 is 1.67 bits per heavy atom. The van der Waals surface area contributed by atoms with Gasteiger partial charge in [-0.1, -0.05) is 69.4 Å². The smallest absolute Gasteiger partial charge is 0.244 e. The number of ether oxygens (including phenoxy) is 1. The molecular formula is C23H30N2O2. The van der Waals surface area contributed by atoms with Crippen molar-refractivity contribution in [3.63, 3.8) is 0 Å². The summed E-state index contributed by atoms with van der Waals surface area (Å²) < 4.78 is 5.76. The van der Waals surface area contributed by atoms with Crippen molar-refractivity contribution in [2.75, 3.05) is 6.61 Å². The van der Waals surface area contributed by atoms with Gasteiger partial charge in [0, 0.05) is 0 Å². The number of nitrogens with one attached hydrogen (secondary N) is 1. The molecule has 0 fully saturated rings. The fourth-order valence-electron chi connectivity index (χ4n) is 2.72. The van der Waals surface area contributed by atoms with Crippen molar-refractivity contribution in [2.24, 2.45) is 5.10 Å². The van der Waals surface area contributed by atoms with E-state index < -0.39 is 0 Å². The van der Waals surface area contributed by atoms with Gasteiger partial charge in [0.25, 0.3) is 0 Å². The maximum absolute atomic E-state index is 11.8. The van der Waals surface area contributed by atoms with Crippen LogP contribution in [0.25, 0.3) is 0 Å². The topological polar surface area (TPSA) is 50.7 Å². The first-order valence-corrected chi connectivity index (χ1v) is 9.86. The first-order chi connectivity index (χ1) is 13.3. The Balaban J connectivity index is 1.64. The average Bonchev–Trinajstić information content (AvgIpc) is 2.69. The molecule has 4 nitrogen and oxygen atoms in total. The Bertz CT molecular complexity index is 681. The van der Waals surface area contributed by atoms with E-state index in [-0.39, 0.29) is 5.91 Å². The monoisotopic (exact) mass is 366 g/mol. The molecule has 0 aromatic heterocycles. The molecule has 0 aliphatic carbocycles. The highest BCUT2D eigenvalue weighted by atomic mass is 16.5. The molecule has 2 aromatic carbocycles. The van der Waals surface area contributed by atoms with Gasteiger partial charge in [0.15, 0.2) is 0 Å². The van der Waals surface area contributed by atoms with Crippen molar-refractivity contribution in [3.05, 3.63) is 65.7 Å². The quantitative estimate of drug-likeness (QED) is 0.322. The Kier molecular flexibility index (Phi) is 9.72. The molecule has 0 heterocycles. The second-order valence-corrected chi connectivity index (χ2v) is 6.64. The summed E-state index contributed by atoms with van der Waals surface area (Å²) in [5, 5.41) is 4.01. The van der Waals surface area contributed by atoms with Crippen LogP contribution in [0.3, 0.4) is 0 Å². The van der Waals surface area contributed by atoms with Gasteiger partial charge in [-0.2, -0.15) is 5.10 Å². The predicted molar refractivity (Wildman–Crippen MR) is 111 cm³/mol. The average molecular weight is 367 g/mol. The first kappa shape index (κ1) is 20.7. The molecule has 0 unspecified atom stereocenters. The van der Waals surface area contributed by atoms with Crippen LogP contribution in [0.1, 0.15) is 56.6 Å². The van der Waals surface area contributed by atoms with Gasteiger partial charge >= 0.3 is 0 Å². The standard InChI is InChI=1S/C23H30N2O2/c1-2-3-4-5-6-10-17-27-22-15-13-21(14-16-22)19-24-25-23(26)18-20-11-8-7-9-12-20/h7-9,11-16,19H,2-6,10,17-18H2,1H3,(H,25,26). The van der Waals surface area contributed by atoms with Crippen molar-refractivity contribution in [3.8, 4) is 5.75 Å². The second kappa shape index (κ2) is 12.7.